The Kier molecular flexibility index (Phi) is 2.75. The molecule has 4 N–H and O–H groups in total. The van der Waals surface area contributed by atoms with Crippen molar-refractivity contribution in [2.24, 2.45) is 10.9 Å². The molecule has 17 heavy (non-hydrogen) atoms. The Labute approximate surface area is 98.6 Å². The molecule has 0 saturated heterocycles. The minimum atomic E-state index is -0.502. The molecule has 0 spiro atoms. The lowest BCUT2D eigenvalue weighted by Gasteiger charge is -1.99. The monoisotopic (exact) mass is 255 g/mol. The minimum Gasteiger partial charge on any atom is -0.409 e. The van der Waals surface area contributed by atoms with E-state index in [1.807, 2.05) is 0 Å². The van der Waals surface area contributed by atoms with Gasteiger partial charge < -0.3 is 15.9 Å². The molecule has 0 aliphatic carbocycles. The molecule has 2 heterocycles. The van der Waals surface area contributed by atoms with E-state index < -0.39 is 5.56 Å². The average molecular weight is 256 g/mol. The van der Waals surface area contributed by atoms with Crippen molar-refractivity contribution in [1.29, 1.82) is 0 Å². The van der Waals surface area contributed by atoms with E-state index in [-0.39, 0.29) is 22.5 Å². The number of amidine groups is 1. The normalized spacial score (nSPS) is 11.7. The van der Waals surface area contributed by atoms with Crippen molar-refractivity contribution in [3.63, 3.8) is 0 Å². The van der Waals surface area contributed by atoms with Crippen molar-refractivity contribution >= 4 is 17.4 Å². The van der Waals surface area contributed by atoms with Gasteiger partial charge in [0.2, 0.25) is 11.7 Å². The molecule has 0 atom stereocenters. The largest absolute Gasteiger partial charge is 0.409 e. The van der Waals surface area contributed by atoms with Crippen molar-refractivity contribution in [3.05, 3.63) is 33.9 Å². The van der Waals surface area contributed by atoms with Gasteiger partial charge in [0.1, 0.15) is 6.33 Å². The first-order valence-corrected chi connectivity index (χ1v) is 4.64. The summed E-state index contributed by atoms with van der Waals surface area (Å²) in [5, 5.41) is 14.9. The van der Waals surface area contributed by atoms with Crippen molar-refractivity contribution in [2.45, 2.75) is 0 Å². The number of hydrogen-bond donors (Lipinski definition) is 3. The molecular weight excluding hydrogens is 250 g/mol. The van der Waals surface area contributed by atoms with Crippen LogP contribution in [0.4, 0.5) is 0 Å². The number of nitrogens with one attached hydrogen (secondary N) is 1. The van der Waals surface area contributed by atoms with E-state index in [1.165, 1.54) is 12.7 Å². The van der Waals surface area contributed by atoms with Crippen LogP contribution in [0.15, 0.2) is 22.6 Å². The van der Waals surface area contributed by atoms with E-state index in [9.17, 15) is 4.79 Å². The highest BCUT2D eigenvalue weighted by Gasteiger charge is 2.12. The zero-order valence-electron chi connectivity index (χ0n) is 8.20. The number of H-pyrrole nitrogens is 1. The van der Waals surface area contributed by atoms with Crippen LogP contribution in [0.5, 0.6) is 0 Å². The van der Waals surface area contributed by atoms with Crippen LogP contribution < -0.4 is 11.3 Å². The van der Waals surface area contributed by atoms with E-state index in [2.05, 4.69) is 25.2 Å². The van der Waals surface area contributed by atoms with Gasteiger partial charge >= 0.3 is 0 Å². The number of aromatic nitrogens is 5. The predicted octanol–water partition coefficient (Wildman–Crippen LogP) is -0.902. The van der Waals surface area contributed by atoms with Gasteiger partial charge in [-0.2, -0.15) is 0 Å². The number of aromatic amines is 1. The summed E-state index contributed by atoms with van der Waals surface area (Å²) < 4.78 is 1.14. The first-order valence-electron chi connectivity index (χ1n) is 4.26. The van der Waals surface area contributed by atoms with Crippen LogP contribution >= 0.6 is 11.6 Å². The molecule has 10 heteroatoms. The molecule has 2 aromatic rings. The lowest BCUT2D eigenvalue weighted by atomic mass is 10.6. The topological polar surface area (TPSA) is 135 Å². The summed E-state index contributed by atoms with van der Waals surface area (Å²) in [5.74, 6) is -0.171. The van der Waals surface area contributed by atoms with Crippen LogP contribution in [0.2, 0.25) is 5.02 Å². The molecule has 0 bridgehead atoms. The summed E-state index contributed by atoms with van der Waals surface area (Å²) in [5.41, 5.74) is 4.79. The smallest absolute Gasteiger partial charge is 0.271 e. The molecule has 0 radical (unpaired) electrons. The van der Waals surface area contributed by atoms with Crippen molar-refractivity contribution in [2.75, 3.05) is 0 Å². The molecule has 0 aliphatic heterocycles. The Balaban J connectivity index is 2.51. The summed E-state index contributed by atoms with van der Waals surface area (Å²) in [6, 6.07) is 0. The second kappa shape index (κ2) is 4.22. The molecule has 88 valence electrons. The van der Waals surface area contributed by atoms with Crippen LogP contribution in [0.1, 0.15) is 5.82 Å². The highest BCUT2D eigenvalue weighted by Crippen LogP contribution is 2.10. The second-order valence-electron chi connectivity index (χ2n) is 2.87. The average Bonchev–Trinajstić information content (AvgIpc) is 2.81. The molecule has 0 fully saturated rings. The molecule has 0 aliphatic rings. The summed E-state index contributed by atoms with van der Waals surface area (Å²) in [4.78, 5) is 21.1. The lowest BCUT2D eigenvalue weighted by Crippen LogP contribution is -2.16. The number of halogens is 1. The Morgan fingerprint density at radius 2 is 2.35 bits per heavy atom. The fourth-order valence-electron chi connectivity index (χ4n) is 1.06. The predicted molar refractivity (Wildman–Crippen MR) is 57.3 cm³/mol. The molecule has 0 amide bonds. The number of oxime groups is 1. The zero-order chi connectivity index (χ0) is 12.4. The van der Waals surface area contributed by atoms with E-state index in [0.717, 1.165) is 4.68 Å². The molecule has 0 saturated carbocycles. The Bertz CT molecular complexity index is 631. The highest BCUT2D eigenvalue weighted by atomic mass is 35.5. The van der Waals surface area contributed by atoms with Gasteiger partial charge in [0, 0.05) is 0 Å². The van der Waals surface area contributed by atoms with Gasteiger partial charge in [-0.05, 0) is 0 Å². The van der Waals surface area contributed by atoms with Crippen LogP contribution in [0.3, 0.4) is 0 Å². The molecule has 2 rings (SSSR count). The standard InChI is InChI=1S/C7H6ClN7O2/c8-3-6(10-1-11-7(3)16)15-2-12-5(13-15)4(9)14-17/h1-2,17H,(H2,9,14)(H,10,11,16). The molecule has 2 aromatic heterocycles. The fourth-order valence-corrected chi connectivity index (χ4v) is 1.25. The second-order valence-corrected chi connectivity index (χ2v) is 3.25. The number of nitrogens with two attached hydrogens (primary N) is 1. The van der Waals surface area contributed by atoms with Crippen molar-refractivity contribution in [1.82, 2.24) is 24.7 Å². The van der Waals surface area contributed by atoms with Gasteiger partial charge in [0.05, 0.1) is 6.33 Å². The van der Waals surface area contributed by atoms with E-state index >= 15 is 0 Å². The van der Waals surface area contributed by atoms with Gasteiger partial charge in [-0.1, -0.05) is 16.8 Å². The summed E-state index contributed by atoms with van der Waals surface area (Å²) >= 11 is 5.74. The van der Waals surface area contributed by atoms with Crippen LogP contribution in [0, 0.1) is 0 Å². The van der Waals surface area contributed by atoms with Crippen molar-refractivity contribution in [3.8, 4) is 5.82 Å². The van der Waals surface area contributed by atoms with E-state index in [0.29, 0.717) is 0 Å². The maximum Gasteiger partial charge on any atom is 0.271 e. The molecular formula is C7H6ClN7O2. The van der Waals surface area contributed by atoms with Gasteiger partial charge in [0.15, 0.2) is 10.8 Å². The molecule has 0 unspecified atom stereocenters. The van der Waals surface area contributed by atoms with E-state index in [1.54, 1.807) is 0 Å². The lowest BCUT2D eigenvalue weighted by molar-refractivity contribution is 0.318. The fraction of sp³-hybridized carbons (Fsp3) is 0. The third kappa shape index (κ3) is 1.95. The maximum absolute atomic E-state index is 11.2. The Hall–Kier alpha value is -2.42. The SMILES string of the molecule is NC(=NO)c1ncn(-c2nc[nH]c(=O)c2Cl)n1. The Morgan fingerprint density at radius 3 is 3.06 bits per heavy atom. The van der Waals surface area contributed by atoms with Crippen molar-refractivity contribution < 1.29 is 5.21 Å². The number of nitrogens with zero attached hydrogens (tertiary/aromatic N) is 5. The van der Waals surface area contributed by atoms with Crippen LogP contribution in [-0.2, 0) is 0 Å². The van der Waals surface area contributed by atoms with Gasteiger partial charge in [-0.25, -0.2) is 14.6 Å². The third-order valence-electron chi connectivity index (χ3n) is 1.82. The van der Waals surface area contributed by atoms with Crippen LogP contribution in [0.25, 0.3) is 5.82 Å². The first-order chi connectivity index (χ1) is 8.13. The summed E-state index contributed by atoms with van der Waals surface area (Å²) in [6.45, 7) is 0. The van der Waals surface area contributed by atoms with Crippen LogP contribution in [-0.4, -0.2) is 35.8 Å². The quantitative estimate of drug-likeness (QED) is 0.275. The minimum absolute atomic E-state index is 0.00866. The highest BCUT2D eigenvalue weighted by molar-refractivity contribution is 6.31. The number of rotatable bonds is 2. The van der Waals surface area contributed by atoms with Gasteiger partial charge in [-0.3, -0.25) is 4.79 Å². The summed E-state index contributed by atoms with van der Waals surface area (Å²) in [6.07, 6.45) is 2.41. The Morgan fingerprint density at radius 1 is 1.59 bits per heavy atom. The zero-order valence-corrected chi connectivity index (χ0v) is 8.96. The molecule has 0 aromatic carbocycles. The van der Waals surface area contributed by atoms with Gasteiger partial charge in [-0.15, -0.1) is 5.10 Å². The summed E-state index contributed by atoms with van der Waals surface area (Å²) in [7, 11) is 0. The van der Waals surface area contributed by atoms with E-state index in [4.69, 9.17) is 22.5 Å². The maximum atomic E-state index is 11.2. The molecule has 9 nitrogen and oxygen atoms in total. The third-order valence-corrected chi connectivity index (χ3v) is 2.16. The number of hydrogen-bond acceptors (Lipinski definition) is 6. The first kappa shape index (κ1) is 11.1. The van der Waals surface area contributed by atoms with Gasteiger partial charge in [0.25, 0.3) is 5.56 Å².